The molecular weight excluding hydrogens is 254 g/mol. The zero-order valence-corrected chi connectivity index (χ0v) is 10.8. The molecule has 2 aliphatic rings. The van der Waals surface area contributed by atoms with Gasteiger partial charge < -0.3 is 4.90 Å². The third kappa shape index (κ3) is 2.74. The Morgan fingerprint density at radius 3 is 2.27 bits per heavy atom. The molecule has 2 fully saturated rings. The van der Waals surface area contributed by atoms with E-state index in [4.69, 9.17) is 0 Å². The third-order valence-corrected chi connectivity index (χ3v) is 4.76. The van der Waals surface area contributed by atoms with E-state index in [1.54, 1.807) is 0 Å². The standard InChI is InChI=1S/C12H20BrNO/c13-9-10-5-7-14(8-6-10)12(15)11-3-1-2-4-11/h10-11H,1-9H2. The summed E-state index contributed by atoms with van der Waals surface area (Å²) in [4.78, 5) is 14.2. The van der Waals surface area contributed by atoms with E-state index in [0.717, 1.165) is 37.2 Å². The number of halogens is 1. The monoisotopic (exact) mass is 273 g/mol. The van der Waals surface area contributed by atoms with Crippen LogP contribution >= 0.6 is 15.9 Å². The summed E-state index contributed by atoms with van der Waals surface area (Å²) in [5, 5.41) is 1.10. The van der Waals surface area contributed by atoms with E-state index in [0.29, 0.717) is 11.8 Å². The second-order valence-corrected chi connectivity index (χ2v) is 5.55. The van der Waals surface area contributed by atoms with Crippen molar-refractivity contribution in [3.05, 3.63) is 0 Å². The predicted octanol–water partition coefficient (Wildman–Crippen LogP) is 2.81. The van der Waals surface area contributed by atoms with Gasteiger partial charge in [-0.1, -0.05) is 28.8 Å². The SMILES string of the molecule is O=C(C1CCCC1)N1CCC(CBr)CC1. The molecule has 1 saturated heterocycles. The number of carbonyl (C=O) groups excluding carboxylic acids is 1. The Kier molecular flexibility index (Phi) is 4.06. The molecule has 0 atom stereocenters. The van der Waals surface area contributed by atoms with Crippen LogP contribution in [0.15, 0.2) is 0 Å². The molecule has 0 spiro atoms. The molecular formula is C12H20BrNO. The first kappa shape index (κ1) is 11.4. The van der Waals surface area contributed by atoms with E-state index >= 15 is 0 Å². The van der Waals surface area contributed by atoms with Gasteiger partial charge in [0.25, 0.3) is 0 Å². The minimum absolute atomic E-state index is 0.366. The summed E-state index contributed by atoms with van der Waals surface area (Å²) in [5.74, 6) is 1.60. The van der Waals surface area contributed by atoms with Crippen LogP contribution in [0.5, 0.6) is 0 Å². The molecule has 0 unspecified atom stereocenters. The van der Waals surface area contributed by atoms with Gasteiger partial charge in [-0.25, -0.2) is 0 Å². The van der Waals surface area contributed by atoms with Gasteiger partial charge in [-0.15, -0.1) is 0 Å². The highest BCUT2D eigenvalue weighted by atomic mass is 79.9. The Bertz CT molecular complexity index is 218. The van der Waals surface area contributed by atoms with Gasteiger partial charge >= 0.3 is 0 Å². The van der Waals surface area contributed by atoms with Gasteiger partial charge in [0.1, 0.15) is 0 Å². The zero-order chi connectivity index (χ0) is 10.7. The van der Waals surface area contributed by atoms with E-state index in [2.05, 4.69) is 20.8 Å². The lowest BCUT2D eigenvalue weighted by Crippen LogP contribution is -2.41. The summed E-state index contributed by atoms with van der Waals surface area (Å²) in [6, 6.07) is 0. The molecule has 2 rings (SSSR count). The zero-order valence-electron chi connectivity index (χ0n) is 9.25. The molecule has 0 bridgehead atoms. The highest BCUT2D eigenvalue weighted by Gasteiger charge is 2.29. The first-order chi connectivity index (χ1) is 7.31. The second kappa shape index (κ2) is 5.33. The number of piperidine rings is 1. The molecule has 1 amide bonds. The van der Waals surface area contributed by atoms with Crippen LogP contribution in [0, 0.1) is 11.8 Å². The first-order valence-electron chi connectivity index (χ1n) is 6.16. The number of hydrogen-bond donors (Lipinski definition) is 0. The van der Waals surface area contributed by atoms with Gasteiger partial charge in [0.2, 0.25) is 5.91 Å². The number of rotatable bonds is 2. The predicted molar refractivity (Wildman–Crippen MR) is 65.1 cm³/mol. The molecule has 1 aliphatic carbocycles. The Labute approximate surface area is 101 Å². The van der Waals surface area contributed by atoms with Gasteiger partial charge in [0.15, 0.2) is 0 Å². The van der Waals surface area contributed by atoms with Crippen LogP contribution in [0.25, 0.3) is 0 Å². The average molecular weight is 274 g/mol. The van der Waals surface area contributed by atoms with Crippen LogP contribution < -0.4 is 0 Å². The summed E-state index contributed by atoms with van der Waals surface area (Å²) < 4.78 is 0. The lowest BCUT2D eigenvalue weighted by Gasteiger charge is -2.32. The Morgan fingerprint density at radius 2 is 1.73 bits per heavy atom. The van der Waals surface area contributed by atoms with Gasteiger partial charge in [0, 0.05) is 24.3 Å². The summed E-state index contributed by atoms with van der Waals surface area (Å²) in [6.07, 6.45) is 7.16. The smallest absolute Gasteiger partial charge is 0.225 e. The van der Waals surface area contributed by atoms with Gasteiger partial charge in [-0.05, 0) is 31.6 Å². The average Bonchev–Trinajstić information content (AvgIpc) is 2.82. The minimum Gasteiger partial charge on any atom is -0.342 e. The van der Waals surface area contributed by atoms with E-state index < -0.39 is 0 Å². The van der Waals surface area contributed by atoms with Gasteiger partial charge in [0.05, 0.1) is 0 Å². The van der Waals surface area contributed by atoms with Gasteiger partial charge in [-0.2, -0.15) is 0 Å². The highest BCUT2D eigenvalue weighted by Crippen LogP contribution is 2.28. The van der Waals surface area contributed by atoms with Crippen molar-refractivity contribution >= 4 is 21.8 Å². The number of carbonyl (C=O) groups is 1. The molecule has 3 heteroatoms. The second-order valence-electron chi connectivity index (χ2n) is 4.90. The quantitative estimate of drug-likeness (QED) is 0.709. The van der Waals surface area contributed by atoms with E-state index in [9.17, 15) is 4.79 Å². The Hall–Kier alpha value is -0.0500. The number of likely N-dealkylation sites (tertiary alicyclic amines) is 1. The number of alkyl halides is 1. The van der Waals surface area contributed by atoms with Crippen LogP contribution in [-0.2, 0) is 4.79 Å². The van der Waals surface area contributed by atoms with Crippen LogP contribution in [0.4, 0.5) is 0 Å². The first-order valence-corrected chi connectivity index (χ1v) is 7.28. The van der Waals surface area contributed by atoms with Crippen molar-refractivity contribution in [2.75, 3.05) is 18.4 Å². The summed E-state index contributed by atoms with van der Waals surface area (Å²) in [6.45, 7) is 1.98. The van der Waals surface area contributed by atoms with E-state index in [1.165, 1.54) is 25.7 Å². The molecule has 0 aromatic heterocycles. The van der Waals surface area contributed by atoms with Crippen molar-refractivity contribution in [2.24, 2.45) is 11.8 Å². The van der Waals surface area contributed by atoms with E-state index in [1.807, 2.05) is 0 Å². The van der Waals surface area contributed by atoms with Crippen molar-refractivity contribution in [1.82, 2.24) is 4.90 Å². The summed E-state index contributed by atoms with van der Waals surface area (Å²) in [5.41, 5.74) is 0. The molecule has 0 N–H and O–H groups in total. The number of nitrogens with zero attached hydrogens (tertiary/aromatic N) is 1. The Morgan fingerprint density at radius 1 is 1.13 bits per heavy atom. The topological polar surface area (TPSA) is 20.3 Å². The molecule has 1 heterocycles. The molecule has 1 aliphatic heterocycles. The maximum absolute atomic E-state index is 12.1. The molecule has 1 saturated carbocycles. The van der Waals surface area contributed by atoms with Gasteiger partial charge in [-0.3, -0.25) is 4.79 Å². The molecule has 0 radical (unpaired) electrons. The summed E-state index contributed by atoms with van der Waals surface area (Å²) in [7, 11) is 0. The van der Waals surface area contributed by atoms with Crippen molar-refractivity contribution < 1.29 is 4.79 Å². The molecule has 86 valence electrons. The molecule has 0 aromatic rings. The van der Waals surface area contributed by atoms with Crippen molar-refractivity contribution in [3.63, 3.8) is 0 Å². The maximum Gasteiger partial charge on any atom is 0.225 e. The molecule has 15 heavy (non-hydrogen) atoms. The fraction of sp³-hybridized carbons (Fsp3) is 0.917. The van der Waals surface area contributed by atoms with Crippen molar-refractivity contribution in [3.8, 4) is 0 Å². The van der Waals surface area contributed by atoms with E-state index in [-0.39, 0.29) is 0 Å². The molecule has 2 nitrogen and oxygen atoms in total. The highest BCUT2D eigenvalue weighted by molar-refractivity contribution is 9.09. The lowest BCUT2D eigenvalue weighted by atomic mass is 9.97. The largest absolute Gasteiger partial charge is 0.342 e. The molecule has 0 aromatic carbocycles. The summed E-state index contributed by atoms with van der Waals surface area (Å²) >= 11 is 3.53. The number of hydrogen-bond acceptors (Lipinski definition) is 1. The van der Waals surface area contributed by atoms with Crippen molar-refractivity contribution in [1.29, 1.82) is 0 Å². The lowest BCUT2D eigenvalue weighted by molar-refractivity contribution is -0.136. The van der Waals surface area contributed by atoms with Crippen LogP contribution in [-0.4, -0.2) is 29.2 Å². The minimum atomic E-state index is 0.366. The normalized spacial score (nSPS) is 24.7. The fourth-order valence-electron chi connectivity index (χ4n) is 2.74. The maximum atomic E-state index is 12.1. The van der Waals surface area contributed by atoms with Crippen LogP contribution in [0.2, 0.25) is 0 Å². The fourth-order valence-corrected chi connectivity index (χ4v) is 3.39. The van der Waals surface area contributed by atoms with Crippen LogP contribution in [0.1, 0.15) is 38.5 Å². The number of amides is 1. The Balaban J connectivity index is 1.81. The third-order valence-electron chi connectivity index (χ3n) is 3.85. The van der Waals surface area contributed by atoms with Crippen LogP contribution in [0.3, 0.4) is 0 Å². The van der Waals surface area contributed by atoms with Crippen molar-refractivity contribution in [2.45, 2.75) is 38.5 Å².